The van der Waals surface area contributed by atoms with Gasteiger partial charge in [-0.15, -0.1) is 10.2 Å². The minimum absolute atomic E-state index is 0.0763. The van der Waals surface area contributed by atoms with Gasteiger partial charge in [0.2, 0.25) is 5.89 Å². The van der Waals surface area contributed by atoms with E-state index in [0.29, 0.717) is 37.4 Å². The van der Waals surface area contributed by atoms with Crippen LogP contribution >= 0.6 is 0 Å². The number of ether oxygens (including phenoxy) is 2. The summed E-state index contributed by atoms with van der Waals surface area (Å²) in [5.41, 5.74) is 1.61. The molecule has 4 rings (SSSR count). The van der Waals surface area contributed by atoms with Crippen LogP contribution in [0.2, 0.25) is 0 Å². The number of carbonyl (C=O) groups is 2. The Morgan fingerprint density at radius 2 is 2.13 bits per heavy atom. The number of carbonyl (C=O) groups excluding carboxylic acids is 2. The molecule has 0 saturated carbocycles. The maximum absolute atomic E-state index is 13.0. The van der Waals surface area contributed by atoms with Crippen LogP contribution in [-0.2, 0) is 16.0 Å². The van der Waals surface area contributed by atoms with Gasteiger partial charge in [0.25, 0.3) is 11.8 Å². The fraction of sp³-hybridized carbons (Fsp3) is 0.500. The van der Waals surface area contributed by atoms with Crippen LogP contribution in [0, 0.1) is 0 Å². The second-order valence-corrected chi connectivity index (χ2v) is 7.66. The van der Waals surface area contributed by atoms with Crippen molar-refractivity contribution in [3.8, 4) is 11.5 Å². The Labute approximate surface area is 176 Å². The molecule has 0 N–H and O–H groups in total. The van der Waals surface area contributed by atoms with Crippen molar-refractivity contribution in [3.63, 3.8) is 0 Å². The molecule has 2 aromatic rings. The summed E-state index contributed by atoms with van der Waals surface area (Å²) in [5, 5.41) is 6.94. The molecule has 1 saturated heterocycles. The topological polar surface area (TPSA) is 98.0 Å². The molecule has 11 heteroatoms. The van der Waals surface area contributed by atoms with Crippen LogP contribution < -0.4 is 0 Å². The summed E-state index contributed by atoms with van der Waals surface area (Å²) >= 11 is 0. The van der Waals surface area contributed by atoms with Crippen molar-refractivity contribution in [1.29, 1.82) is 0 Å². The van der Waals surface area contributed by atoms with Gasteiger partial charge < -0.3 is 18.8 Å². The van der Waals surface area contributed by atoms with Crippen molar-refractivity contribution in [1.82, 2.24) is 20.0 Å². The van der Waals surface area contributed by atoms with Crippen LogP contribution in [0.15, 0.2) is 22.6 Å². The van der Waals surface area contributed by atoms with Gasteiger partial charge in [-0.1, -0.05) is 6.07 Å². The monoisotopic (exact) mass is 436 g/mol. The highest BCUT2D eigenvalue weighted by Crippen LogP contribution is 2.30. The highest BCUT2D eigenvalue weighted by atomic mass is 19.3. The maximum atomic E-state index is 13.0. The van der Waals surface area contributed by atoms with Crippen molar-refractivity contribution in [2.75, 3.05) is 26.3 Å². The molecule has 1 atom stereocenters. The summed E-state index contributed by atoms with van der Waals surface area (Å²) in [6, 6.07) is 4.61. The van der Waals surface area contributed by atoms with Gasteiger partial charge in [-0.2, -0.15) is 8.78 Å². The number of nitrogens with zero attached hydrogens (tertiary/aromatic N) is 4. The molecule has 1 fully saturated rings. The predicted molar refractivity (Wildman–Crippen MR) is 102 cm³/mol. The maximum Gasteiger partial charge on any atom is 0.410 e. The van der Waals surface area contributed by atoms with Crippen molar-refractivity contribution in [2.45, 2.75) is 39.0 Å². The molecular weight excluding hydrogens is 414 g/mol. The Morgan fingerprint density at radius 1 is 1.32 bits per heavy atom. The van der Waals surface area contributed by atoms with Gasteiger partial charge in [-0.05, 0) is 31.5 Å². The van der Waals surface area contributed by atoms with E-state index >= 15 is 0 Å². The van der Waals surface area contributed by atoms with E-state index in [0.717, 1.165) is 5.56 Å². The summed E-state index contributed by atoms with van der Waals surface area (Å²) in [6.07, 6.45) is -3.54. The number of hydrogen-bond acceptors (Lipinski definition) is 7. The molecular formula is C20H22F2N4O5. The third kappa shape index (κ3) is 4.36. The molecule has 166 valence electrons. The second kappa shape index (κ2) is 8.58. The minimum Gasteiger partial charge on any atom is -0.447 e. The highest BCUT2D eigenvalue weighted by molar-refractivity contribution is 5.99. The van der Waals surface area contributed by atoms with Crippen LogP contribution in [0.1, 0.15) is 42.1 Å². The number of amides is 2. The molecule has 1 aromatic carbocycles. The van der Waals surface area contributed by atoms with E-state index in [1.807, 2.05) is 0 Å². The molecule has 0 radical (unpaired) electrons. The molecule has 2 amide bonds. The molecule has 3 heterocycles. The lowest BCUT2D eigenvalue weighted by atomic mass is 10.1. The molecule has 2 aliphatic rings. The van der Waals surface area contributed by atoms with Crippen molar-refractivity contribution < 1.29 is 32.3 Å². The van der Waals surface area contributed by atoms with E-state index in [-0.39, 0.29) is 30.5 Å². The number of morpholine rings is 1. The Hall–Kier alpha value is -3.08. The summed E-state index contributed by atoms with van der Waals surface area (Å²) in [5.74, 6) is -1.07. The van der Waals surface area contributed by atoms with Crippen molar-refractivity contribution in [2.24, 2.45) is 0 Å². The number of hydrogen-bond donors (Lipinski definition) is 0. The third-order valence-electron chi connectivity index (χ3n) is 5.09. The Balaban J connectivity index is 1.49. The quantitative estimate of drug-likeness (QED) is 0.711. The van der Waals surface area contributed by atoms with Gasteiger partial charge in [0, 0.05) is 30.8 Å². The van der Waals surface area contributed by atoms with E-state index in [1.54, 1.807) is 41.8 Å². The number of benzene rings is 1. The third-order valence-corrected chi connectivity index (χ3v) is 5.09. The Morgan fingerprint density at radius 3 is 2.84 bits per heavy atom. The zero-order valence-electron chi connectivity index (χ0n) is 17.1. The first-order valence-corrected chi connectivity index (χ1v) is 9.92. The van der Waals surface area contributed by atoms with Crippen molar-refractivity contribution >= 4 is 12.0 Å². The fourth-order valence-electron chi connectivity index (χ4n) is 3.65. The lowest BCUT2D eigenvalue weighted by molar-refractivity contribution is -0.0233. The molecule has 9 nitrogen and oxygen atoms in total. The first-order chi connectivity index (χ1) is 14.8. The Bertz CT molecular complexity index is 980. The molecule has 0 unspecified atom stereocenters. The van der Waals surface area contributed by atoms with E-state index in [9.17, 15) is 18.4 Å². The molecule has 31 heavy (non-hydrogen) atoms. The minimum atomic E-state index is -2.86. The molecule has 1 aromatic heterocycles. The average Bonchev–Trinajstić information content (AvgIpc) is 3.34. The first-order valence-electron chi connectivity index (χ1n) is 9.92. The van der Waals surface area contributed by atoms with Gasteiger partial charge in [0.15, 0.2) is 0 Å². The standard InChI is InChI=1S/C20H22F2N4O5/c1-11(2)30-20(28)26-5-6-29-10-14(26)9-25-8-13-4-3-12(7-15(13)19(25)27)17-23-24-18(31-17)16(21)22/h3-4,7,11,14,16H,5-6,8-10H2,1-2H3/t14-/m0/s1. The molecule has 0 bridgehead atoms. The fourth-order valence-corrected chi connectivity index (χ4v) is 3.65. The van der Waals surface area contributed by atoms with E-state index in [4.69, 9.17) is 13.9 Å². The predicted octanol–water partition coefficient (Wildman–Crippen LogP) is 2.88. The molecule has 2 aliphatic heterocycles. The normalized spacial score (nSPS) is 18.8. The van der Waals surface area contributed by atoms with E-state index in [2.05, 4.69) is 10.2 Å². The number of aromatic nitrogens is 2. The zero-order chi connectivity index (χ0) is 22.1. The van der Waals surface area contributed by atoms with Crippen LogP contribution in [0.4, 0.5) is 13.6 Å². The largest absolute Gasteiger partial charge is 0.447 e. The van der Waals surface area contributed by atoms with Crippen LogP contribution in [-0.4, -0.2) is 70.4 Å². The number of halogens is 2. The first kappa shape index (κ1) is 21.2. The smallest absolute Gasteiger partial charge is 0.410 e. The lowest BCUT2D eigenvalue weighted by Crippen LogP contribution is -2.54. The van der Waals surface area contributed by atoms with E-state index < -0.39 is 18.4 Å². The van der Waals surface area contributed by atoms with Crippen molar-refractivity contribution in [3.05, 3.63) is 35.2 Å². The van der Waals surface area contributed by atoms with Crippen LogP contribution in [0.25, 0.3) is 11.5 Å². The van der Waals surface area contributed by atoms with Gasteiger partial charge in [0.1, 0.15) is 0 Å². The van der Waals surface area contributed by atoms with Gasteiger partial charge in [-0.25, -0.2) is 4.79 Å². The van der Waals surface area contributed by atoms with Crippen LogP contribution in [0.5, 0.6) is 0 Å². The molecule has 0 aliphatic carbocycles. The van der Waals surface area contributed by atoms with Gasteiger partial charge >= 0.3 is 12.5 Å². The SMILES string of the molecule is CC(C)OC(=O)N1CCOC[C@@H]1CN1Cc2ccc(-c3nnc(C(F)F)o3)cc2C1=O. The zero-order valence-corrected chi connectivity index (χ0v) is 17.1. The van der Waals surface area contributed by atoms with Gasteiger partial charge in [-0.3, -0.25) is 9.69 Å². The van der Waals surface area contributed by atoms with Crippen LogP contribution in [0.3, 0.4) is 0 Å². The summed E-state index contributed by atoms with van der Waals surface area (Å²) < 4.78 is 41.2. The number of fused-ring (bicyclic) bond motifs is 1. The van der Waals surface area contributed by atoms with Gasteiger partial charge in [0.05, 0.1) is 25.4 Å². The summed E-state index contributed by atoms with van der Waals surface area (Å²) in [4.78, 5) is 28.6. The Kier molecular flexibility index (Phi) is 5.86. The molecule has 0 spiro atoms. The summed E-state index contributed by atoms with van der Waals surface area (Å²) in [6.45, 7) is 5.30. The average molecular weight is 436 g/mol. The second-order valence-electron chi connectivity index (χ2n) is 7.66. The number of alkyl halides is 2. The van der Waals surface area contributed by atoms with E-state index in [1.165, 1.54) is 0 Å². The summed E-state index contributed by atoms with van der Waals surface area (Å²) in [7, 11) is 0. The number of rotatable bonds is 5. The highest BCUT2D eigenvalue weighted by Gasteiger charge is 2.35. The lowest BCUT2D eigenvalue weighted by Gasteiger charge is -2.37.